The third-order valence-electron chi connectivity index (χ3n) is 2.61. The molecule has 0 aliphatic carbocycles. The van der Waals surface area contributed by atoms with Gasteiger partial charge in [-0.2, -0.15) is 0 Å². The van der Waals surface area contributed by atoms with Gasteiger partial charge in [0.1, 0.15) is 5.82 Å². The number of carboxylic acid groups (broad SMARTS) is 1. The molecule has 2 heterocycles. The minimum atomic E-state index is -1.10. The number of aromatic carboxylic acids is 1. The Morgan fingerprint density at radius 2 is 2.06 bits per heavy atom. The Hall–Kier alpha value is -1.40. The number of carbonyl (C=O) groups is 1. The van der Waals surface area contributed by atoms with Gasteiger partial charge < -0.3 is 14.7 Å². The van der Waals surface area contributed by atoms with E-state index in [2.05, 4.69) is 9.97 Å². The Morgan fingerprint density at radius 3 is 2.65 bits per heavy atom. The van der Waals surface area contributed by atoms with Crippen molar-refractivity contribution in [1.82, 2.24) is 9.97 Å². The number of rotatable bonds is 2. The van der Waals surface area contributed by atoms with E-state index in [4.69, 9.17) is 21.4 Å². The second kappa shape index (κ2) is 4.85. The zero-order valence-electron chi connectivity index (χ0n) is 9.31. The second-order valence-electron chi connectivity index (χ2n) is 3.69. The molecule has 0 saturated carbocycles. The van der Waals surface area contributed by atoms with Gasteiger partial charge in [0.2, 0.25) is 5.28 Å². The van der Waals surface area contributed by atoms with Crippen molar-refractivity contribution in [3.63, 3.8) is 0 Å². The maximum atomic E-state index is 11.0. The first kappa shape index (κ1) is 12.1. The van der Waals surface area contributed by atoms with E-state index in [0.717, 1.165) is 0 Å². The van der Waals surface area contributed by atoms with Gasteiger partial charge in [-0.3, -0.25) is 0 Å². The molecule has 1 N–H and O–H groups in total. The molecule has 1 fully saturated rings. The van der Waals surface area contributed by atoms with Crippen LogP contribution < -0.4 is 4.90 Å². The molecule has 1 aliphatic heterocycles. The van der Waals surface area contributed by atoms with Crippen molar-refractivity contribution >= 4 is 23.4 Å². The van der Waals surface area contributed by atoms with E-state index in [1.165, 1.54) is 0 Å². The smallest absolute Gasteiger partial charge is 0.355 e. The highest BCUT2D eigenvalue weighted by Crippen LogP contribution is 2.22. The lowest BCUT2D eigenvalue weighted by Crippen LogP contribution is -2.37. The molecule has 6 nitrogen and oxygen atoms in total. The van der Waals surface area contributed by atoms with Crippen LogP contribution in [-0.4, -0.2) is 47.3 Å². The van der Waals surface area contributed by atoms with Gasteiger partial charge in [0.05, 0.1) is 13.2 Å². The number of anilines is 1. The van der Waals surface area contributed by atoms with E-state index in [9.17, 15) is 4.79 Å². The number of hydrogen-bond acceptors (Lipinski definition) is 5. The Morgan fingerprint density at radius 1 is 1.41 bits per heavy atom. The van der Waals surface area contributed by atoms with Gasteiger partial charge in [-0.25, -0.2) is 14.8 Å². The largest absolute Gasteiger partial charge is 0.476 e. The lowest BCUT2D eigenvalue weighted by molar-refractivity contribution is 0.0689. The van der Waals surface area contributed by atoms with Gasteiger partial charge >= 0.3 is 5.97 Å². The number of aromatic nitrogens is 2. The molecule has 0 amide bonds. The molecule has 0 aromatic carbocycles. The summed E-state index contributed by atoms with van der Waals surface area (Å²) in [4.78, 5) is 20.8. The molecular formula is C10H12ClN3O3. The molecule has 0 bridgehead atoms. The van der Waals surface area contributed by atoms with Crippen LogP contribution in [0.2, 0.25) is 5.28 Å². The molecule has 92 valence electrons. The van der Waals surface area contributed by atoms with Crippen molar-refractivity contribution in [3.05, 3.63) is 16.5 Å². The summed E-state index contributed by atoms with van der Waals surface area (Å²) in [5.41, 5.74) is 0.482. The summed E-state index contributed by atoms with van der Waals surface area (Å²) in [6.07, 6.45) is 0. The standard InChI is InChI=1S/C10H12ClN3O3/c1-6-7(9(15)16)12-10(11)13-8(6)14-2-4-17-5-3-14/h2-5H2,1H3,(H,15,16). The fraction of sp³-hybridized carbons (Fsp3) is 0.500. The van der Waals surface area contributed by atoms with Crippen LogP contribution in [0.3, 0.4) is 0 Å². The summed E-state index contributed by atoms with van der Waals surface area (Å²) in [5.74, 6) is -0.521. The zero-order chi connectivity index (χ0) is 12.4. The van der Waals surface area contributed by atoms with Crippen molar-refractivity contribution in [3.8, 4) is 0 Å². The molecule has 7 heteroatoms. The van der Waals surface area contributed by atoms with E-state index in [0.29, 0.717) is 37.7 Å². The molecular weight excluding hydrogens is 246 g/mol. The highest BCUT2D eigenvalue weighted by atomic mass is 35.5. The minimum absolute atomic E-state index is 0.0468. The minimum Gasteiger partial charge on any atom is -0.476 e. The van der Waals surface area contributed by atoms with Crippen molar-refractivity contribution in [2.24, 2.45) is 0 Å². The summed E-state index contributed by atoms with van der Waals surface area (Å²) in [5, 5.41) is 8.97. The molecule has 2 rings (SSSR count). The Labute approximate surface area is 103 Å². The van der Waals surface area contributed by atoms with Gasteiger partial charge in [0, 0.05) is 18.7 Å². The number of nitrogens with zero attached hydrogens (tertiary/aromatic N) is 3. The van der Waals surface area contributed by atoms with Gasteiger partial charge in [-0.05, 0) is 18.5 Å². The SMILES string of the molecule is Cc1c(C(=O)O)nc(Cl)nc1N1CCOCC1. The van der Waals surface area contributed by atoms with E-state index in [1.807, 2.05) is 4.90 Å². The van der Waals surface area contributed by atoms with E-state index in [1.54, 1.807) is 6.92 Å². The topological polar surface area (TPSA) is 75.5 Å². The Kier molecular flexibility index (Phi) is 3.44. The predicted molar refractivity (Wildman–Crippen MR) is 61.8 cm³/mol. The first-order chi connectivity index (χ1) is 8.09. The van der Waals surface area contributed by atoms with Crippen molar-refractivity contribution in [2.75, 3.05) is 31.2 Å². The normalized spacial score (nSPS) is 16.0. The molecule has 17 heavy (non-hydrogen) atoms. The van der Waals surface area contributed by atoms with Crippen LogP contribution in [0.4, 0.5) is 5.82 Å². The van der Waals surface area contributed by atoms with Crippen molar-refractivity contribution in [2.45, 2.75) is 6.92 Å². The summed E-state index contributed by atoms with van der Waals surface area (Å²) in [6, 6.07) is 0. The van der Waals surface area contributed by atoms with Gasteiger partial charge in [0.25, 0.3) is 0 Å². The van der Waals surface area contributed by atoms with Crippen LogP contribution >= 0.6 is 11.6 Å². The molecule has 1 aromatic rings. The van der Waals surface area contributed by atoms with Gasteiger partial charge in [-0.15, -0.1) is 0 Å². The number of ether oxygens (including phenoxy) is 1. The lowest BCUT2D eigenvalue weighted by Gasteiger charge is -2.29. The average Bonchev–Trinajstić information content (AvgIpc) is 2.32. The Bertz CT molecular complexity index is 447. The molecule has 1 saturated heterocycles. The Balaban J connectivity index is 2.41. The molecule has 1 aliphatic rings. The number of carboxylic acids is 1. The number of hydrogen-bond donors (Lipinski definition) is 1. The summed E-state index contributed by atoms with van der Waals surface area (Å²) >= 11 is 5.74. The predicted octanol–water partition coefficient (Wildman–Crippen LogP) is 0.973. The van der Waals surface area contributed by atoms with Crippen LogP contribution in [0.15, 0.2) is 0 Å². The first-order valence-electron chi connectivity index (χ1n) is 5.19. The highest BCUT2D eigenvalue weighted by Gasteiger charge is 2.21. The summed E-state index contributed by atoms with van der Waals surface area (Å²) in [6.45, 7) is 4.23. The summed E-state index contributed by atoms with van der Waals surface area (Å²) < 4.78 is 5.23. The lowest BCUT2D eigenvalue weighted by atomic mass is 10.2. The van der Waals surface area contributed by atoms with Crippen LogP contribution in [-0.2, 0) is 4.74 Å². The van der Waals surface area contributed by atoms with Crippen LogP contribution in [0.5, 0.6) is 0 Å². The van der Waals surface area contributed by atoms with Crippen molar-refractivity contribution in [1.29, 1.82) is 0 Å². The second-order valence-corrected chi connectivity index (χ2v) is 4.03. The van der Waals surface area contributed by atoms with E-state index >= 15 is 0 Å². The number of morpholine rings is 1. The molecule has 1 aromatic heterocycles. The molecule has 0 atom stereocenters. The summed E-state index contributed by atoms with van der Waals surface area (Å²) in [7, 11) is 0. The van der Waals surface area contributed by atoms with Gasteiger partial charge in [-0.1, -0.05) is 0 Å². The van der Waals surface area contributed by atoms with Crippen LogP contribution in [0.25, 0.3) is 0 Å². The number of halogens is 1. The van der Waals surface area contributed by atoms with Crippen LogP contribution in [0.1, 0.15) is 16.1 Å². The molecule has 0 spiro atoms. The third-order valence-corrected chi connectivity index (χ3v) is 2.78. The fourth-order valence-corrected chi connectivity index (χ4v) is 1.93. The van der Waals surface area contributed by atoms with Crippen LogP contribution in [0, 0.1) is 6.92 Å². The molecule has 0 radical (unpaired) electrons. The molecule has 0 unspecified atom stereocenters. The van der Waals surface area contributed by atoms with E-state index < -0.39 is 5.97 Å². The van der Waals surface area contributed by atoms with E-state index in [-0.39, 0.29) is 11.0 Å². The fourth-order valence-electron chi connectivity index (χ4n) is 1.77. The first-order valence-corrected chi connectivity index (χ1v) is 5.57. The maximum Gasteiger partial charge on any atom is 0.355 e. The zero-order valence-corrected chi connectivity index (χ0v) is 10.1. The van der Waals surface area contributed by atoms with Crippen molar-refractivity contribution < 1.29 is 14.6 Å². The quantitative estimate of drug-likeness (QED) is 0.796. The van der Waals surface area contributed by atoms with Gasteiger partial charge in [0.15, 0.2) is 5.69 Å². The average molecular weight is 258 g/mol. The maximum absolute atomic E-state index is 11.0. The monoisotopic (exact) mass is 257 g/mol. The highest BCUT2D eigenvalue weighted by molar-refractivity contribution is 6.28. The third kappa shape index (κ3) is 2.48.